The average Bonchev–Trinajstić information content (AvgIpc) is 3.13. The molecule has 2 aromatic heterocycles. The lowest BCUT2D eigenvalue weighted by molar-refractivity contribution is -0.116. The maximum atomic E-state index is 12.7. The van der Waals surface area contributed by atoms with Crippen molar-refractivity contribution < 1.29 is 4.79 Å². The normalized spacial score (nSPS) is 15.5. The van der Waals surface area contributed by atoms with Crippen LogP contribution in [0.4, 0.5) is 5.82 Å². The highest BCUT2D eigenvalue weighted by molar-refractivity contribution is 6.30. The van der Waals surface area contributed by atoms with Crippen molar-refractivity contribution in [1.29, 1.82) is 0 Å². The molecule has 0 saturated heterocycles. The van der Waals surface area contributed by atoms with Crippen LogP contribution in [0.1, 0.15) is 34.9 Å². The summed E-state index contributed by atoms with van der Waals surface area (Å²) in [4.78, 5) is 21.9. The van der Waals surface area contributed by atoms with Crippen molar-refractivity contribution >= 4 is 23.3 Å². The van der Waals surface area contributed by atoms with E-state index in [0.717, 1.165) is 33.8 Å². The number of rotatable bonds is 3. The van der Waals surface area contributed by atoms with Crippen LogP contribution in [0.5, 0.6) is 0 Å². The van der Waals surface area contributed by atoms with Gasteiger partial charge in [0.05, 0.1) is 5.69 Å². The molecule has 1 amide bonds. The molecule has 5 rings (SSSR count). The molecule has 7 heteroatoms. The largest absolute Gasteiger partial charge is 0.310 e. The molecule has 1 atom stereocenters. The van der Waals surface area contributed by atoms with E-state index >= 15 is 0 Å². The molecule has 31 heavy (non-hydrogen) atoms. The number of hydrogen-bond acceptors (Lipinski definition) is 4. The van der Waals surface area contributed by atoms with Crippen LogP contribution in [0.15, 0.2) is 60.7 Å². The van der Waals surface area contributed by atoms with Crippen LogP contribution in [0.2, 0.25) is 5.02 Å². The molecular weight excluding hydrogens is 410 g/mol. The number of amides is 1. The Hall–Kier alpha value is -3.51. The summed E-state index contributed by atoms with van der Waals surface area (Å²) in [6.45, 7) is 3.84. The predicted molar refractivity (Wildman–Crippen MR) is 121 cm³/mol. The topological polar surface area (TPSA) is 72.7 Å². The van der Waals surface area contributed by atoms with E-state index in [1.165, 1.54) is 0 Å². The van der Waals surface area contributed by atoms with Crippen LogP contribution >= 0.6 is 11.6 Å². The molecule has 0 fully saturated rings. The van der Waals surface area contributed by atoms with E-state index in [0.29, 0.717) is 23.2 Å². The van der Waals surface area contributed by atoms with Gasteiger partial charge in [-0.1, -0.05) is 54.1 Å². The first kappa shape index (κ1) is 19.5. The quantitative estimate of drug-likeness (QED) is 0.493. The minimum atomic E-state index is -0.157. The Kier molecular flexibility index (Phi) is 4.79. The van der Waals surface area contributed by atoms with E-state index in [1.807, 2.05) is 74.5 Å². The summed E-state index contributed by atoms with van der Waals surface area (Å²) in [5.74, 6) is 0.821. The van der Waals surface area contributed by atoms with Crippen molar-refractivity contribution in [1.82, 2.24) is 19.7 Å². The van der Waals surface area contributed by atoms with E-state index in [1.54, 1.807) is 4.68 Å². The third-order valence-electron chi connectivity index (χ3n) is 5.40. The zero-order chi connectivity index (χ0) is 21.5. The van der Waals surface area contributed by atoms with Gasteiger partial charge in [0.25, 0.3) is 5.95 Å². The van der Waals surface area contributed by atoms with Gasteiger partial charge < -0.3 is 5.32 Å². The lowest BCUT2D eigenvalue weighted by Crippen LogP contribution is -2.25. The molecule has 1 aliphatic heterocycles. The Balaban J connectivity index is 1.78. The van der Waals surface area contributed by atoms with Gasteiger partial charge in [-0.15, -0.1) is 0 Å². The Bertz CT molecular complexity index is 1260. The summed E-state index contributed by atoms with van der Waals surface area (Å²) in [5, 5.41) is 8.57. The van der Waals surface area contributed by atoms with Gasteiger partial charge in [-0.05, 0) is 37.6 Å². The minimum absolute atomic E-state index is 0.0717. The van der Waals surface area contributed by atoms with Crippen molar-refractivity contribution in [2.24, 2.45) is 0 Å². The molecule has 0 radical (unpaired) electrons. The van der Waals surface area contributed by atoms with Crippen LogP contribution in [-0.2, 0) is 4.79 Å². The summed E-state index contributed by atoms with van der Waals surface area (Å²) in [6.07, 6.45) is 0.327. The fourth-order valence-electron chi connectivity index (χ4n) is 4.09. The highest BCUT2D eigenvalue weighted by Crippen LogP contribution is 2.43. The average molecular weight is 430 g/mol. The van der Waals surface area contributed by atoms with E-state index in [-0.39, 0.29) is 11.8 Å². The van der Waals surface area contributed by atoms with Gasteiger partial charge in [-0.25, -0.2) is 9.97 Å². The molecule has 0 aliphatic carbocycles. The summed E-state index contributed by atoms with van der Waals surface area (Å²) in [5.41, 5.74) is 5.42. The maximum absolute atomic E-state index is 12.7. The third kappa shape index (κ3) is 3.59. The van der Waals surface area contributed by atoms with Crippen molar-refractivity contribution in [2.45, 2.75) is 26.2 Å². The maximum Gasteiger partial charge on any atom is 0.252 e. The lowest BCUT2D eigenvalue weighted by Gasteiger charge is -2.24. The van der Waals surface area contributed by atoms with Gasteiger partial charge in [-0.3, -0.25) is 4.79 Å². The van der Waals surface area contributed by atoms with E-state index in [2.05, 4.69) is 15.3 Å². The summed E-state index contributed by atoms with van der Waals surface area (Å²) in [6, 6.07) is 19.5. The molecule has 1 aliphatic rings. The molecule has 3 heterocycles. The van der Waals surface area contributed by atoms with E-state index < -0.39 is 0 Å². The van der Waals surface area contributed by atoms with Crippen molar-refractivity contribution in [3.63, 3.8) is 0 Å². The number of aromatic nitrogens is 4. The van der Waals surface area contributed by atoms with E-state index in [4.69, 9.17) is 16.7 Å². The Morgan fingerprint density at radius 2 is 1.68 bits per heavy atom. The van der Waals surface area contributed by atoms with Crippen LogP contribution < -0.4 is 5.32 Å². The second kappa shape index (κ2) is 7.63. The number of carbonyl (C=O) groups is 1. The minimum Gasteiger partial charge on any atom is -0.310 e. The first-order valence-corrected chi connectivity index (χ1v) is 10.4. The van der Waals surface area contributed by atoms with Crippen molar-refractivity contribution in [2.75, 3.05) is 5.32 Å². The molecule has 6 nitrogen and oxygen atoms in total. The van der Waals surface area contributed by atoms with Crippen LogP contribution in [0, 0.1) is 13.8 Å². The third-order valence-corrected chi connectivity index (χ3v) is 5.65. The highest BCUT2D eigenvalue weighted by atomic mass is 35.5. The van der Waals surface area contributed by atoms with Crippen molar-refractivity contribution in [3.05, 3.63) is 88.2 Å². The Morgan fingerprint density at radius 1 is 1.00 bits per heavy atom. The molecule has 4 aromatic rings. The molecular formula is C24H20ClN5O. The van der Waals surface area contributed by atoms with Crippen molar-refractivity contribution in [3.8, 4) is 17.2 Å². The van der Waals surface area contributed by atoms with Crippen LogP contribution in [-0.4, -0.2) is 25.7 Å². The predicted octanol–water partition coefficient (Wildman–Crippen LogP) is 5.07. The standard InChI is InChI=1S/C24H20ClN5O/c1-14-12-15(2)27-24(26-14)30-23-21(22(29-30)17-6-4-3-5-7-17)19(13-20(31)28-23)16-8-10-18(25)11-9-16/h3-12,19H,13H2,1-2H3,(H,28,31). The second-order valence-corrected chi connectivity index (χ2v) is 8.13. The van der Waals surface area contributed by atoms with E-state index in [9.17, 15) is 4.79 Å². The van der Waals surface area contributed by atoms with Gasteiger partial charge in [0.1, 0.15) is 5.82 Å². The molecule has 1 unspecified atom stereocenters. The Labute approximate surface area is 184 Å². The number of hydrogen-bond donors (Lipinski definition) is 1. The van der Waals surface area contributed by atoms with Crippen LogP contribution in [0.25, 0.3) is 17.2 Å². The Morgan fingerprint density at radius 3 is 2.35 bits per heavy atom. The molecule has 0 bridgehead atoms. The second-order valence-electron chi connectivity index (χ2n) is 7.70. The number of nitrogens with zero attached hydrogens (tertiary/aromatic N) is 4. The van der Waals surface area contributed by atoms with Gasteiger partial charge in [0.2, 0.25) is 5.91 Å². The number of benzene rings is 2. The number of halogens is 1. The zero-order valence-corrected chi connectivity index (χ0v) is 17.9. The highest BCUT2D eigenvalue weighted by Gasteiger charge is 2.35. The number of nitrogens with one attached hydrogen (secondary N) is 1. The first-order valence-electron chi connectivity index (χ1n) is 10.1. The number of aryl methyl sites for hydroxylation is 2. The first-order chi connectivity index (χ1) is 15.0. The van der Waals surface area contributed by atoms with Gasteiger partial charge in [0, 0.05) is 39.9 Å². The zero-order valence-electron chi connectivity index (χ0n) is 17.1. The molecule has 2 aromatic carbocycles. The fraction of sp³-hybridized carbons (Fsp3) is 0.167. The van der Waals surface area contributed by atoms with Gasteiger partial charge in [0.15, 0.2) is 0 Å². The van der Waals surface area contributed by atoms with Crippen LogP contribution in [0.3, 0.4) is 0 Å². The lowest BCUT2D eigenvalue weighted by atomic mass is 9.84. The van der Waals surface area contributed by atoms with Gasteiger partial charge >= 0.3 is 0 Å². The number of anilines is 1. The number of carbonyl (C=O) groups excluding carboxylic acids is 1. The molecule has 0 saturated carbocycles. The summed E-state index contributed by atoms with van der Waals surface area (Å²) >= 11 is 6.11. The van der Waals surface area contributed by atoms with Gasteiger partial charge in [-0.2, -0.15) is 9.78 Å². The summed E-state index contributed by atoms with van der Waals surface area (Å²) in [7, 11) is 0. The summed E-state index contributed by atoms with van der Waals surface area (Å²) < 4.78 is 1.65. The molecule has 0 spiro atoms. The fourth-order valence-corrected chi connectivity index (χ4v) is 4.21. The smallest absolute Gasteiger partial charge is 0.252 e. The monoisotopic (exact) mass is 429 g/mol. The SMILES string of the molecule is Cc1cc(C)nc(-n2nc(-c3ccccc3)c3c2NC(=O)CC3c2ccc(Cl)cc2)n1. The molecule has 1 N–H and O–H groups in total. The number of fused-ring (bicyclic) bond motifs is 1. The molecule has 154 valence electrons.